The first kappa shape index (κ1) is 20.1. The molecule has 2 aliphatic rings. The van der Waals surface area contributed by atoms with Crippen LogP contribution in [0.25, 0.3) is 6.08 Å². The Morgan fingerprint density at radius 2 is 2.11 bits per heavy atom. The lowest BCUT2D eigenvalue weighted by atomic mass is 9.94. The number of benzene rings is 1. The van der Waals surface area contributed by atoms with E-state index in [4.69, 9.17) is 4.74 Å². The average Bonchev–Trinajstić information content (AvgIpc) is 3.16. The van der Waals surface area contributed by atoms with Gasteiger partial charge in [-0.3, -0.25) is 0 Å². The fourth-order valence-corrected chi connectivity index (χ4v) is 6.12. The molecule has 3 rings (SSSR count). The summed E-state index contributed by atoms with van der Waals surface area (Å²) in [4.78, 5) is 0. The summed E-state index contributed by atoms with van der Waals surface area (Å²) in [5.41, 5.74) is 3.90. The maximum atomic E-state index is 13.6. The number of ether oxygens (including phenoxy) is 1. The summed E-state index contributed by atoms with van der Waals surface area (Å²) < 4.78 is 44.1. The number of rotatable bonds is 7. The summed E-state index contributed by atoms with van der Waals surface area (Å²) >= 11 is 0. The minimum atomic E-state index is -3.10. The molecule has 1 N–H and O–H groups in total. The Morgan fingerprint density at radius 1 is 1.33 bits per heavy atom. The third-order valence-corrected chi connectivity index (χ3v) is 7.44. The Kier molecular flexibility index (Phi) is 6.06. The molecule has 1 saturated heterocycles. The minimum absolute atomic E-state index is 0.140. The molecule has 1 aromatic carbocycles. The first-order valence-corrected chi connectivity index (χ1v) is 11.3. The van der Waals surface area contributed by atoms with Crippen LogP contribution in [0, 0.1) is 5.82 Å². The van der Waals surface area contributed by atoms with E-state index in [0.29, 0.717) is 0 Å². The van der Waals surface area contributed by atoms with Gasteiger partial charge in [-0.25, -0.2) is 12.8 Å². The first-order valence-electron chi connectivity index (χ1n) is 9.58. The van der Waals surface area contributed by atoms with E-state index in [1.807, 2.05) is 13.0 Å². The van der Waals surface area contributed by atoms with Crippen LogP contribution >= 0.6 is 0 Å². The van der Waals surface area contributed by atoms with Crippen LogP contribution in [0.15, 0.2) is 34.9 Å². The molecule has 0 unspecified atom stereocenters. The van der Waals surface area contributed by atoms with Crippen molar-refractivity contribution in [3.63, 3.8) is 0 Å². The van der Waals surface area contributed by atoms with E-state index in [0.717, 1.165) is 48.8 Å². The quantitative estimate of drug-likeness (QED) is 0.697. The highest BCUT2D eigenvalue weighted by atomic mass is 32.2. The lowest BCUT2D eigenvalue weighted by molar-refractivity contribution is 0.117. The summed E-state index contributed by atoms with van der Waals surface area (Å²) in [5.74, 6) is -0.806. The molecule has 2 aliphatic heterocycles. The standard InChI is InChI=1S/C21H27FO4S/c1-3-5-14(10-15-6-8-18(23)17(22)11-15)7-9-19-21-16(4-2)13-27(24,25)20(21)12-26-19/h6,8,10-11,19-20,23H,3-5,7,9,12-13H2,1-2H3/b14-10+/t19-,20+/m1/s1. The van der Waals surface area contributed by atoms with Crippen LogP contribution in [0.5, 0.6) is 5.75 Å². The molecular weight excluding hydrogens is 367 g/mol. The smallest absolute Gasteiger partial charge is 0.165 e. The minimum Gasteiger partial charge on any atom is -0.505 e. The van der Waals surface area contributed by atoms with Crippen molar-refractivity contribution in [1.29, 1.82) is 0 Å². The number of halogens is 1. The monoisotopic (exact) mass is 394 g/mol. The predicted molar refractivity (Wildman–Crippen MR) is 105 cm³/mol. The molecular formula is C21H27FO4S. The van der Waals surface area contributed by atoms with Gasteiger partial charge in [0.25, 0.3) is 0 Å². The molecule has 2 atom stereocenters. The summed E-state index contributed by atoms with van der Waals surface area (Å²) in [7, 11) is -3.10. The van der Waals surface area contributed by atoms with Gasteiger partial charge in [0.1, 0.15) is 5.25 Å². The van der Waals surface area contributed by atoms with Gasteiger partial charge in [0.15, 0.2) is 21.4 Å². The van der Waals surface area contributed by atoms with E-state index >= 15 is 0 Å². The van der Waals surface area contributed by atoms with Crippen molar-refractivity contribution < 1.29 is 22.7 Å². The third kappa shape index (κ3) is 4.27. The number of hydrogen-bond acceptors (Lipinski definition) is 4. The zero-order valence-electron chi connectivity index (χ0n) is 15.9. The number of phenols is 1. The number of phenolic OH excluding ortho intramolecular Hbond substituents is 1. The van der Waals surface area contributed by atoms with Gasteiger partial charge < -0.3 is 9.84 Å². The van der Waals surface area contributed by atoms with Gasteiger partial charge >= 0.3 is 0 Å². The molecule has 0 saturated carbocycles. The van der Waals surface area contributed by atoms with Gasteiger partial charge in [-0.15, -0.1) is 0 Å². The zero-order valence-corrected chi connectivity index (χ0v) is 16.7. The zero-order chi connectivity index (χ0) is 19.6. The van der Waals surface area contributed by atoms with Gasteiger partial charge in [-0.1, -0.05) is 43.6 Å². The Labute approximate surface area is 160 Å². The first-order chi connectivity index (χ1) is 12.9. The number of sulfone groups is 1. The molecule has 2 heterocycles. The molecule has 0 amide bonds. The van der Waals surface area contributed by atoms with Crippen molar-refractivity contribution >= 4 is 15.9 Å². The van der Waals surface area contributed by atoms with Gasteiger partial charge in [0.05, 0.1) is 18.5 Å². The van der Waals surface area contributed by atoms with Crippen LogP contribution in [0.4, 0.5) is 4.39 Å². The second-order valence-electron chi connectivity index (χ2n) is 7.33. The summed E-state index contributed by atoms with van der Waals surface area (Å²) in [6.07, 6.45) is 5.92. The van der Waals surface area contributed by atoms with E-state index < -0.39 is 20.9 Å². The summed E-state index contributed by atoms with van der Waals surface area (Å²) in [5, 5.41) is 8.88. The lowest BCUT2D eigenvalue weighted by Gasteiger charge is -2.15. The number of hydrogen-bond donors (Lipinski definition) is 1. The Balaban J connectivity index is 1.75. The summed E-state index contributed by atoms with van der Waals surface area (Å²) in [6.45, 7) is 4.35. The van der Waals surface area contributed by atoms with Crippen LogP contribution in [0.3, 0.4) is 0 Å². The van der Waals surface area contributed by atoms with Gasteiger partial charge in [-0.05, 0) is 49.0 Å². The van der Waals surface area contributed by atoms with Crippen LogP contribution in [-0.2, 0) is 14.6 Å². The molecule has 0 spiro atoms. The lowest BCUT2D eigenvalue weighted by Crippen LogP contribution is -2.19. The van der Waals surface area contributed by atoms with Crippen LogP contribution < -0.4 is 0 Å². The molecule has 27 heavy (non-hydrogen) atoms. The fourth-order valence-electron chi connectivity index (χ4n) is 4.07. The van der Waals surface area contributed by atoms with Crippen LogP contribution in [-0.4, -0.2) is 37.2 Å². The van der Waals surface area contributed by atoms with Gasteiger partial charge in [-0.2, -0.15) is 0 Å². The molecule has 1 aromatic rings. The molecule has 6 heteroatoms. The van der Waals surface area contributed by atoms with Crippen molar-refractivity contribution in [2.45, 2.75) is 57.3 Å². The number of allylic oxidation sites excluding steroid dienone is 1. The van der Waals surface area contributed by atoms with E-state index in [1.54, 1.807) is 6.07 Å². The third-order valence-electron chi connectivity index (χ3n) is 5.43. The Hall–Kier alpha value is -1.66. The van der Waals surface area contributed by atoms with Crippen LogP contribution in [0.1, 0.15) is 51.5 Å². The van der Waals surface area contributed by atoms with Crippen molar-refractivity contribution in [3.8, 4) is 5.75 Å². The van der Waals surface area contributed by atoms with Gasteiger partial charge in [0.2, 0.25) is 0 Å². The SMILES string of the molecule is CCC/C(=C\c1ccc(O)c(F)c1)CC[C@H]1OC[C@H]2C1=C(CC)CS2(=O)=O. The van der Waals surface area contributed by atoms with E-state index in [-0.39, 0.29) is 24.2 Å². The molecule has 4 nitrogen and oxygen atoms in total. The predicted octanol–water partition coefficient (Wildman–Crippen LogP) is 4.40. The second kappa shape index (κ2) is 8.15. The number of fused-ring (bicyclic) bond motifs is 1. The molecule has 1 fully saturated rings. The Bertz CT molecular complexity index is 870. The van der Waals surface area contributed by atoms with Gasteiger partial charge in [0, 0.05) is 0 Å². The largest absolute Gasteiger partial charge is 0.505 e. The highest BCUT2D eigenvalue weighted by molar-refractivity contribution is 7.92. The maximum Gasteiger partial charge on any atom is 0.165 e. The fraction of sp³-hybridized carbons (Fsp3) is 0.524. The average molecular weight is 395 g/mol. The van der Waals surface area contributed by atoms with Crippen molar-refractivity contribution in [3.05, 3.63) is 46.3 Å². The van der Waals surface area contributed by atoms with Crippen molar-refractivity contribution in [1.82, 2.24) is 0 Å². The normalized spacial score (nSPS) is 24.5. The van der Waals surface area contributed by atoms with Crippen molar-refractivity contribution in [2.24, 2.45) is 0 Å². The van der Waals surface area contributed by atoms with E-state index in [9.17, 15) is 17.9 Å². The molecule has 0 aliphatic carbocycles. The molecule has 0 aromatic heterocycles. The van der Waals surface area contributed by atoms with E-state index in [1.165, 1.54) is 17.7 Å². The molecule has 0 radical (unpaired) electrons. The van der Waals surface area contributed by atoms with Crippen molar-refractivity contribution in [2.75, 3.05) is 12.4 Å². The van der Waals surface area contributed by atoms with E-state index in [2.05, 4.69) is 6.92 Å². The topological polar surface area (TPSA) is 63.6 Å². The maximum absolute atomic E-state index is 13.6. The van der Waals surface area contributed by atoms with Crippen LogP contribution in [0.2, 0.25) is 0 Å². The number of aromatic hydroxyl groups is 1. The Morgan fingerprint density at radius 3 is 2.78 bits per heavy atom. The highest BCUT2D eigenvalue weighted by Gasteiger charge is 2.46. The molecule has 148 valence electrons. The molecule has 0 bridgehead atoms. The second-order valence-corrected chi connectivity index (χ2v) is 9.52. The highest BCUT2D eigenvalue weighted by Crippen LogP contribution is 2.39. The summed E-state index contributed by atoms with van der Waals surface area (Å²) in [6, 6.07) is 4.38.